The van der Waals surface area contributed by atoms with Crippen LogP contribution in [-0.4, -0.2) is 32.8 Å². The summed E-state index contributed by atoms with van der Waals surface area (Å²) in [4.78, 5) is 20.5. The van der Waals surface area contributed by atoms with Gasteiger partial charge in [0.25, 0.3) is 0 Å². The molecule has 0 spiro atoms. The molecule has 0 fully saturated rings. The number of ether oxygens (including phenoxy) is 1. The summed E-state index contributed by atoms with van der Waals surface area (Å²) in [6.07, 6.45) is 2.87. The maximum absolute atomic E-state index is 11.9. The largest absolute Gasteiger partial charge is 0.465 e. The minimum atomic E-state index is -0.504. The van der Waals surface area contributed by atoms with Gasteiger partial charge in [0.1, 0.15) is 11.4 Å². The van der Waals surface area contributed by atoms with E-state index in [9.17, 15) is 4.79 Å². The van der Waals surface area contributed by atoms with Crippen LogP contribution in [-0.2, 0) is 17.6 Å². The molecule has 20 heavy (non-hydrogen) atoms. The molecule has 0 saturated heterocycles. The van der Waals surface area contributed by atoms with Crippen molar-refractivity contribution in [2.45, 2.75) is 26.7 Å². The number of nitrogens with zero attached hydrogens (tertiary/aromatic N) is 4. The minimum Gasteiger partial charge on any atom is -0.465 e. The lowest BCUT2D eigenvalue weighted by Gasteiger charge is -2.09. The van der Waals surface area contributed by atoms with Crippen molar-refractivity contribution in [3.8, 4) is 5.82 Å². The van der Waals surface area contributed by atoms with Crippen molar-refractivity contribution in [3.05, 3.63) is 29.5 Å². The van der Waals surface area contributed by atoms with Crippen molar-refractivity contribution in [1.29, 1.82) is 0 Å². The fourth-order valence-electron chi connectivity index (χ4n) is 1.84. The number of hydrogen-bond acceptors (Lipinski definition) is 6. The van der Waals surface area contributed by atoms with Crippen LogP contribution in [0.15, 0.2) is 12.3 Å². The number of nitrogen functional groups attached to an aromatic ring is 1. The molecule has 7 nitrogen and oxygen atoms in total. The second-order valence-corrected chi connectivity index (χ2v) is 4.19. The number of methoxy groups -OCH3 is 1. The quantitative estimate of drug-likeness (QED) is 0.841. The molecule has 0 bridgehead atoms. The Morgan fingerprint density at radius 2 is 2.15 bits per heavy atom. The summed E-state index contributed by atoms with van der Waals surface area (Å²) in [6.45, 7) is 3.94. The van der Waals surface area contributed by atoms with Crippen molar-refractivity contribution in [2.75, 3.05) is 12.8 Å². The summed E-state index contributed by atoms with van der Waals surface area (Å²) in [7, 11) is 1.31. The minimum absolute atomic E-state index is 0.273. The summed E-state index contributed by atoms with van der Waals surface area (Å²) in [6, 6.07) is 1.53. The third kappa shape index (κ3) is 2.47. The number of esters is 1. The summed E-state index contributed by atoms with van der Waals surface area (Å²) < 4.78 is 6.34. The number of aromatic nitrogens is 4. The molecule has 2 heterocycles. The molecule has 0 radical (unpaired) electrons. The van der Waals surface area contributed by atoms with Gasteiger partial charge in [-0.25, -0.2) is 14.8 Å². The Labute approximate surface area is 116 Å². The summed E-state index contributed by atoms with van der Waals surface area (Å²) >= 11 is 0. The zero-order valence-electron chi connectivity index (χ0n) is 11.8. The second-order valence-electron chi connectivity index (χ2n) is 4.19. The first kappa shape index (κ1) is 14.0. The fraction of sp³-hybridized carbons (Fsp3) is 0.385. The van der Waals surface area contributed by atoms with E-state index >= 15 is 0 Å². The Hall–Kier alpha value is -2.44. The van der Waals surface area contributed by atoms with Gasteiger partial charge < -0.3 is 10.5 Å². The van der Waals surface area contributed by atoms with E-state index in [1.54, 1.807) is 4.68 Å². The highest BCUT2D eigenvalue weighted by atomic mass is 16.5. The lowest BCUT2D eigenvalue weighted by molar-refractivity contribution is 0.0600. The summed E-state index contributed by atoms with van der Waals surface area (Å²) in [5.74, 6) is 1.33. The van der Waals surface area contributed by atoms with Gasteiger partial charge in [0.15, 0.2) is 11.6 Å². The van der Waals surface area contributed by atoms with Crippen molar-refractivity contribution in [3.63, 3.8) is 0 Å². The number of rotatable bonds is 4. The first-order chi connectivity index (χ1) is 9.60. The van der Waals surface area contributed by atoms with Crippen LogP contribution in [0.3, 0.4) is 0 Å². The van der Waals surface area contributed by atoms with Crippen molar-refractivity contribution < 1.29 is 9.53 Å². The molecule has 0 atom stereocenters. The van der Waals surface area contributed by atoms with Crippen LogP contribution in [0.2, 0.25) is 0 Å². The average Bonchev–Trinajstić information content (AvgIpc) is 2.89. The van der Waals surface area contributed by atoms with E-state index in [2.05, 4.69) is 15.1 Å². The topological polar surface area (TPSA) is 95.9 Å². The van der Waals surface area contributed by atoms with Gasteiger partial charge in [-0.15, -0.1) is 5.10 Å². The van der Waals surface area contributed by atoms with E-state index in [1.165, 1.54) is 19.4 Å². The van der Waals surface area contributed by atoms with Crippen LogP contribution >= 0.6 is 0 Å². The van der Waals surface area contributed by atoms with Gasteiger partial charge >= 0.3 is 5.97 Å². The molecular formula is C13H17N5O2. The number of pyridine rings is 1. The van der Waals surface area contributed by atoms with E-state index in [-0.39, 0.29) is 5.56 Å². The molecule has 2 aromatic heterocycles. The molecule has 0 aliphatic carbocycles. The number of carbonyl (C=O) groups excluding carboxylic acids is 1. The lowest BCUT2D eigenvalue weighted by Crippen LogP contribution is -2.13. The van der Waals surface area contributed by atoms with E-state index in [1.807, 2.05) is 13.8 Å². The highest BCUT2D eigenvalue weighted by molar-refractivity contribution is 5.93. The fourth-order valence-corrected chi connectivity index (χ4v) is 1.84. The molecule has 0 aliphatic heterocycles. The molecule has 0 amide bonds. The molecule has 2 rings (SSSR count). The predicted octanol–water partition coefficient (Wildman–Crippen LogP) is 1.16. The van der Waals surface area contributed by atoms with Crippen LogP contribution in [0, 0.1) is 0 Å². The summed E-state index contributed by atoms with van der Waals surface area (Å²) in [5.41, 5.74) is 6.35. The van der Waals surface area contributed by atoms with Crippen LogP contribution in [0.4, 0.5) is 5.69 Å². The Morgan fingerprint density at radius 1 is 1.40 bits per heavy atom. The Balaban J connectivity index is 2.62. The van der Waals surface area contributed by atoms with Crippen LogP contribution < -0.4 is 5.73 Å². The lowest BCUT2D eigenvalue weighted by atomic mass is 10.2. The summed E-state index contributed by atoms with van der Waals surface area (Å²) in [5, 5.41) is 4.37. The first-order valence-electron chi connectivity index (χ1n) is 6.39. The standard InChI is InChI=1S/C13H17N5O2/c1-4-10-16-11(5-2)18(17-10)12-9(13(19)20-3)6-8(14)7-15-12/h6-7H,4-5,14H2,1-3H3. The molecule has 106 valence electrons. The monoisotopic (exact) mass is 275 g/mol. The van der Waals surface area contributed by atoms with Gasteiger partial charge in [0.05, 0.1) is 19.0 Å². The zero-order chi connectivity index (χ0) is 14.7. The zero-order valence-corrected chi connectivity index (χ0v) is 11.8. The highest BCUT2D eigenvalue weighted by Gasteiger charge is 2.19. The molecular weight excluding hydrogens is 258 g/mol. The van der Waals surface area contributed by atoms with Gasteiger partial charge in [-0.1, -0.05) is 13.8 Å². The molecule has 0 aromatic carbocycles. The van der Waals surface area contributed by atoms with Crippen LogP contribution in [0.1, 0.15) is 35.9 Å². The molecule has 2 N–H and O–H groups in total. The molecule has 7 heteroatoms. The average molecular weight is 275 g/mol. The van der Waals surface area contributed by atoms with Crippen molar-refractivity contribution in [2.24, 2.45) is 0 Å². The maximum Gasteiger partial charge on any atom is 0.341 e. The SMILES string of the molecule is CCc1nc(CC)n(-c2ncc(N)cc2C(=O)OC)n1. The van der Waals surface area contributed by atoms with Gasteiger partial charge in [-0.2, -0.15) is 4.68 Å². The maximum atomic E-state index is 11.9. The van der Waals surface area contributed by atoms with E-state index in [4.69, 9.17) is 10.5 Å². The van der Waals surface area contributed by atoms with Gasteiger partial charge in [0, 0.05) is 12.8 Å². The van der Waals surface area contributed by atoms with Crippen molar-refractivity contribution in [1.82, 2.24) is 19.7 Å². The Kier molecular flexibility index (Phi) is 3.97. The Bertz CT molecular complexity index is 636. The van der Waals surface area contributed by atoms with E-state index in [0.29, 0.717) is 30.2 Å². The number of anilines is 1. The first-order valence-corrected chi connectivity index (χ1v) is 6.39. The smallest absolute Gasteiger partial charge is 0.341 e. The van der Waals surface area contributed by atoms with Crippen LogP contribution in [0.25, 0.3) is 5.82 Å². The normalized spacial score (nSPS) is 10.6. The number of aryl methyl sites for hydroxylation is 2. The number of nitrogens with two attached hydrogens (primary N) is 1. The highest BCUT2D eigenvalue weighted by Crippen LogP contribution is 2.17. The van der Waals surface area contributed by atoms with Gasteiger partial charge in [-0.3, -0.25) is 0 Å². The van der Waals surface area contributed by atoms with Crippen LogP contribution in [0.5, 0.6) is 0 Å². The Morgan fingerprint density at radius 3 is 2.75 bits per heavy atom. The molecule has 0 unspecified atom stereocenters. The van der Waals surface area contributed by atoms with Gasteiger partial charge in [-0.05, 0) is 6.07 Å². The molecule has 2 aromatic rings. The third-order valence-electron chi connectivity index (χ3n) is 2.84. The second kappa shape index (κ2) is 5.68. The number of hydrogen-bond donors (Lipinski definition) is 1. The van der Waals surface area contributed by atoms with Gasteiger partial charge in [0.2, 0.25) is 0 Å². The molecule has 0 aliphatic rings. The predicted molar refractivity (Wildman–Crippen MR) is 73.7 cm³/mol. The third-order valence-corrected chi connectivity index (χ3v) is 2.84. The van der Waals surface area contributed by atoms with Crippen molar-refractivity contribution >= 4 is 11.7 Å². The molecule has 0 saturated carbocycles. The van der Waals surface area contributed by atoms with E-state index < -0.39 is 5.97 Å². The van der Waals surface area contributed by atoms with E-state index in [0.717, 1.165) is 5.82 Å². The number of carbonyl (C=O) groups is 1.